The Morgan fingerprint density at radius 2 is 1.56 bits per heavy atom. The number of anilines is 3. The molecule has 2 amide bonds. The first-order chi connectivity index (χ1) is 18.4. The van der Waals surface area contributed by atoms with Gasteiger partial charge in [-0.1, -0.05) is 34.8 Å². The minimum atomic E-state index is -1.35. The smallest absolute Gasteiger partial charge is 0.325 e. The predicted molar refractivity (Wildman–Crippen MR) is 157 cm³/mol. The van der Waals surface area contributed by atoms with Crippen molar-refractivity contribution in [2.24, 2.45) is 5.92 Å². The van der Waals surface area contributed by atoms with Gasteiger partial charge in [0.05, 0.1) is 23.6 Å². The maximum Gasteiger partial charge on any atom is 0.325 e. The van der Waals surface area contributed by atoms with Crippen molar-refractivity contribution in [1.29, 1.82) is 0 Å². The molecule has 7 nitrogen and oxygen atoms in total. The molecule has 3 N–H and O–H groups in total. The quantitative estimate of drug-likeness (QED) is 0.179. The molecule has 4 rings (SSSR count). The van der Waals surface area contributed by atoms with Gasteiger partial charge in [0.1, 0.15) is 10.9 Å². The molecular formula is C27H22Cl5N3O4. The van der Waals surface area contributed by atoms with Gasteiger partial charge in [-0.25, -0.2) is 0 Å². The molecule has 12 heteroatoms. The molecule has 204 valence electrons. The lowest BCUT2D eigenvalue weighted by Gasteiger charge is -2.13. The maximum atomic E-state index is 13.1. The van der Waals surface area contributed by atoms with Crippen molar-refractivity contribution >= 4 is 92.9 Å². The monoisotopic (exact) mass is 627 g/mol. The van der Waals surface area contributed by atoms with Crippen LogP contribution in [-0.4, -0.2) is 35.8 Å². The topological polar surface area (TPSA) is 96.5 Å². The highest BCUT2D eigenvalue weighted by atomic mass is 35.5. The van der Waals surface area contributed by atoms with Crippen LogP contribution in [0.25, 0.3) is 0 Å². The average Bonchev–Trinajstić information content (AvgIpc) is 3.46. The van der Waals surface area contributed by atoms with Crippen LogP contribution in [0.1, 0.15) is 27.4 Å². The lowest BCUT2D eigenvalue weighted by atomic mass is 10.1. The van der Waals surface area contributed by atoms with E-state index in [1.807, 2.05) is 0 Å². The summed E-state index contributed by atoms with van der Waals surface area (Å²) in [5, 5.41) is 9.53. The van der Waals surface area contributed by atoms with Crippen molar-refractivity contribution in [1.82, 2.24) is 0 Å². The Balaban J connectivity index is 1.45. The summed E-state index contributed by atoms with van der Waals surface area (Å²) in [6, 6.07) is 14.6. The van der Waals surface area contributed by atoms with Gasteiger partial charge in [-0.2, -0.15) is 0 Å². The number of halogens is 5. The lowest BCUT2D eigenvalue weighted by molar-refractivity contribution is -0.138. The molecule has 0 aliphatic heterocycles. The fourth-order valence-electron chi connectivity index (χ4n) is 4.17. The SMILES string of the molecule is COC(=O)CNc1ccc(NC(=O)c2cc(NC(=O)C3C(c4cc(Cl)cc(Cl)c4)C3(Cl)Cl)ccc2Cl)c(C)c1. The second kappa shape index (κ2) is 11.8. The minimum absolute atomic E-state index is 0.0127. The number of aryl methyl sites for hydroxylation is 1. The molecule has 0 aromatic heterocycles. The van der Waals surface area contributed by atoms with Gasteiger partial charge in [0.15, 0.2) is 0 Å². The van der Waals surface area contributed by atoms with Gasteiger partial charge in [-0.3, -0.25) is 14.4 Å². The van der Waals surface area contributed by atoms with Crippen LogP contribution < -0.4 is 16.0 Å². The fourth-order valence-corrected chi connectivity index (χ4v) is 5.74. The zero-order chi connectivity index (χ0) is 28.5. The summed E-state index contributed by atoms with van der Waals surface area (Å²) >= 11 is 31.4. The van der Waals surface area contributed by atoms with Crippen molar-refractivity contribution in [3.63, 3.8) is 0 Å². The van der Waals surface area contributed by atoms with E-state index >= 15 is 0 Å². The van der Waals surface area contributed by atoms with Gasteiger partial charge >= 0.3 is 5.97 Å². The van der Waals surface area contributed by atoms with E-state index < -0.39 is 34.0 Å². The van der Waals surface area contributed by atoms with Crippen LogP contribution in [0, 0.1) is 12.8 Å². The molecule has 3 aromatic carbocycles. The summed E-state index contributed by atoms with van der Waals surface area (Å²) in [6.45, 7) is 1.82. The van der Waals surface area contributed by atoms with E-state index in [1.165, 1.54) is 19.2 Å². The number of methoxy groups -OCH3 is 1. The van der Waals surface area contributed by atoms with Gasteiger partial charge in [0, 0.05) is 33.0 Å². The first-order valence-corrected chi connectivity index (χ1v) is 13.5. The molecule has 2 atom stereocenters. The van der Waals surface area contributed by atoms with Crippen molar-refractivity contribution in [2.45, 2.75) is 17.2 Å². The Morgan fingerprint density at radius 1 is 0.897 bits per heavy atom. The molecule has 1 saturated carbocycles. The highest BCUT2D eigenvalue weighted by Crippen LogP contribution is 2.65. The molecule has 1 aliphatic rings. The lowest BCUT2D eigenvalue weighted by Crippen LogP contribution is -2.18. The van der Waals surface area contributed by atoms with Crippen LogP contribution in [0.5, 0.6) is 0 Å². The number of esters is 1. The highest BCUT2D eigenvalue weighted by Gasteiger charge is 2.67. The summed E-state index contributed by atoms with van der Waals surface area (Å²) in [4.78, 5) is 37.5. The van der Waals surface area contributed by atoms with E-state index in [2.05, 4.69) is 20.7 Å². The van der Waals surface area contributed by atoms with E-state index in [0.717, 1.165) is 5.56 Å². The van der Waals surface area contributed by atoms with Crippen LogP contribution in [0.4, 0.5) is 17.1 Å². The molecule has 1 fully saturated rings. The molecule has 39 heavy (non-hydrogen) atoms. The molecule has 0 heterocycles. The van der Waals surface area contributed by atoms with Crippen molar-refractivity contribution in [3.05, 3.63) is 86.4 Å². The Labute approximate surface area is 250 Å². The third kappa shape index (κ3) is 6.73. The van der Waals surface area contributed by atoms with Gasteiger partial charge in [-0.05, 0) is 72.6 Å². The van der Waals surface area contributed by atoms with Crippen molar-refractivity contribution in [2.75, 3.05) is 29.6 Å². The Bertz CT molecular complexity index is 1440. The Morgan fingerprint density at radius 3 is 2.21 bits per heavy atom. The Kier molecular flexibility index (Phi) is 8.88. The van der Waals surface area contributed by atoms with E-state index in [1.54, 1.807) is 49.4 Å². The average molecular weight is 630 g/mol. The van der Waals surface area contributed by atoms with Crippen LogP contribution in [0.2, 0.25) is 15.1 Å². The number of carbonyl (C=O) groups excluding carboxylic acids is 3. The van der Waals surface area contributed by atoms with Crippen LogP contribution >= 0.6 is 58.0 Å². The molecule has 0 radical (unpaired) electrons. The van der Waals surface area contributed by atoms with Crippen molar-refractivity contribution < 1.29 is 19.1 Å². The zero-order valence-electron chi connectivity index (χ0n) is 20.6. The number of alkyl halides is 2. The standard InChI is InChI=1S/C27H22Cl5N3O4/c1-13-7-17(33-12-22(36)39-2)4-6-21(13)35-25(37)19-11-18(3-5-20(19)30)34-26(38)24-23(27(24,31)32)14-8-15(28)10-16(29)9-14/h3-11,23-24,33H,12H2,1-2H3,(H,34,38)(H,35,37). The molecule has 0 saturated heterocycles. The normalized spacial score (nSPS) is 17.2. The number of nitrogens with one attached hydrogen (secondary N) is 3. The summed E-state index contributed by atoms with van der Waals surface area (Å²) < 4.78 is 3.27. The summed E-state index contributed by atoms with van der Waals surface area (Å²) in [6.07, 6.45) is 0. The maximum absolute atomic E-state index is 13.1. The molecule has 3 aromatic rings. The van der Waals surface area contributed by atoms with Crippen LogP contribution in [-0.2, 0) is 14.3 Å². The Hall–Kier alpha value is -2.68. The zero-order valence-corrected chi connectivity index (χ0v) is 24.4. The highest BCUT2D eigenvalue weighted by molar-refractivity contribution is 6.53. The largest absolute Gasteiger partial charge is 0.468 e. The number of amides is 2. The van der Waals surface area contributed by atoms with Gasteiger partial charge in [0.25, 0.3) is 5.91 Å². The third-order valence-electron chi connectivity index (χ3n) is 6.20. The predicted octanol–water partition coefficient (Wildman–Crippen LogP) is 7.32. The van der Waals surface area contributed by atoms with Gasteiger partial charge in [-0.15, -0.1) is 23.2 Å². The third-order valence-corrected chi connectivity index (χ3v) is 7.90. The van der Waals surface area contributed by atoms with Gasteiger partial charge in [0.2, 0.25) is 5.91 Å². The molecule has 0 bridgehead atoms. The number of rotatable bonds is 8. The molecule has 2 unspecified atom stereocenters. The first-order valence-electron chi connectivity index (χ1n) is 11.6. The summed E-state index contributed by atoms with van der Waals surface area (Å²) in [5.74, 6) is -2.59. The second-order valence-electron chi connectivity index (χ2n) is 8.93. The van der Waals surface area contributed by atoms with Crippen LogP contribution in [0.3, 0.4) is 0 Å². The number of hydrogen-bond donors (Lipinski definition) is 3. The number of hydrogen-bond acceptors (Lipinski definition) is 5. The second-order valence-corrected chi connectivity index (χ2v) is 11.7. The molecular weight excluding hydrogens is 608 g/mol. The summed E-state index contributed by atoms with van der Waals surface area (Å²) in [5.41, 5.74) is 3.12. The van der Waals surface area contributed by atoms with E-state index in [-0.39, 0.29) is 17.1 Å². The van der Waals surface area contributed by atoms with E-state index in [9.17, 15) is 14.4 Å². The van der Waals surface area contributed by atoms with E-state index in [0.29, 0.717) is 32.7 Å². The van der Waals surface area contributed by atoms with Crippen LogP contribution in [0.15, 0.2) is 54.6 Å². The molecule has 0 spiro atoms. The van der Waals surface area contributed by atoms with E-state index in [4.69, 9.17) is 58.0 Å². The minimum Gasteiger partial charge on any atom is -0.468 e. The van der Waals surface area contributed by atoms with Gasteiger partial charge < -0.3 is 20.7 Å². The van der Waals surface area contributed by atoms with Crippen molar-refractivity contribution in [3.8, 4) is 0 Å². The number of ether oxygens (including phenoxy) is 1. The first kappa shape index (κ1) is 29.3. The number of carbonyl (C=O) groups is 3. The summed E-state index contributed by atoms with van der Waals surface area (Å²) in [7, 11) is 1.31. The molecule has 1 aliphatic carbocycles. The number of benzene rings is 3. The fraction of sp³-hybridized carbons (Fsp3) is 0.222.